The van der Waals surface area contributed by atoms with Crippen molar-refractivity contribution in [3.8, 4) is 17.0 Å². The van der Waals surface area contributed by atoms with E-state index in [1.54, 1.807) is 13.2 Å². The van der Waals surface area contributed by atoms with Gasteiger partial charge < -0.3 is 4.74 Å². The van der Waals surface area contributed by atoms with Crippen LogP contribution in [0.4, 0.5) is 0 Å². The predicted octanol–water partition coefficient (Wildman–Crippen LogP) is 4.24. The normalized spacial score (nSPS) is 10.8. The second kappa shape index (κ2) is 5.57. The molecule has 0 aliphatic carbocycles. The highest BCUT2D eigenvalue weighted by molar-refractivity contribution is 6.29. The predicted molar refractivity (Wildman–Crippen MR) is 77.9 cm³/mol. The maximum atomic E-state index is 6.09. The van der Waals surface area contributed by atoms with Gasteiger partial charge in [-0.3, -0.25) is 0 Å². The lowest BCUT2D eigenvalue weighted by Gasteiger charge is -2.11. The van der Waals surface area contributed by atoms with Crippen LogP contribution in [0.5, 0.6) is 5.75 Å². The Kier molecular flexibility index (Phi) is 4.05. The van der Waals surface area contributed by atoms with Gasteiger partial charge in [-0.2, -0.15) is 0 Å². The molecule has 19 heavy (non-hydrogen) atoms. The Balaban J connectivity index is 2.61. The smallest absolute Gasteiger partial charge is 0.133 e. The number of hydrogen-bond acceptors (Lipinski definition) is 3. The maximum absolute atomic E-state index is 6.09. The number of halogens is 1. The number of methoxy groups -OCH3 is 1. The Bertz CT molecular complexity index is 597. The number of aromatic nitrogens is 2. The van der Waals surface area contributed by atoms with E-state index in [0.717, 1.165) is 28.4 Å². The highest BCUT2D eigenvalue weighted by Crippen LogP contribution is 2.31. The zero-order chi connectivity index (χ0) is 14.0. The lowest BCUT2D eigenvalue weighted by molar-refractivity contribution is 0.416. The molecule has 1 aromatic heterocycles. The summed E-state index contributed by atoms with van der Waals surface area (Å²) in [5.41, 5.74) is 2.88. The Morgan fingerprint density at radius 3 is 2.53 bits per heavy atom. The molecule has 0 saturated heterocycles. The van der Waals surface area contributed by atoms with Crippen molar-refractivity contribution in [2.75, 3.05) is 7.11 Å². The average Bonchev–Trinajstić information content (AvgIpc) is 2.37. The molecular weight excluding hydrogens is 260 g/mol. The van der Waals surface area contributed by atoms with Gasteiger partial charge in [0.15, 0.2) is 0 Å². The van der Waals surface area contributed by atoms with Crippen LogP contribution in [0.1, 0.15) is 31.2 Å². The summed E-state index contributed by atoms with van der Waals surface area (Å²) in [6.07, 6.45) is 0. The summed E-state index contributed by atoms with van der Waals surface area (Å²) in [6.45, 7) is 6.13. The van der Waals surface area contributed by atoms with Gasteiger partial charge in [0.25, 0.3) is 0 Å². The van der Waals surface area contributed by atoms with Gasteiger partial charge in [0, 0.05) is 17.5 Å². The van der Waals surface area contributed by atoms with E-state index in [2.05, 4.69) is 9.97 Å². The van der Waals surface area contributed by atoms with E-state index in [1.165, 1.54) is 0 Å². The summed E-state index contributed by atoms with van der Waals surface area (Å²) in [7, 11) is 1.65. The fourth-order valence-corrected chi connectivity index (χ4v) is 2.04. The number of nitrogens with zero attached hydrogens (tertiary/aromatic N) is 2. The minimum atomic E-state index is 0.230. The van der Waals surface area contributed by atoms with Gasteiger partial charge in [-0.05, 0) is 19.1 Å². The molecule has 100 valence electrons. The highest BCUT2D eigenvalue weighted by atomic mass is 35.5. The number of aryl methyl sites for hydroxylation is 1. The molecule has 0 radical (unpaired) electrons. The van der Waals surface area contributed by atoms with Gasteiger partial charge in [-0.15, -0.1) is 0 Å². The van der Waals surface area contributed by atoms with Crippen molar-refractivity contribution in [1.29, 1.82) is 0 Å². The second-order valence-corrected chi connectivity index (χ2v) is 5.18. The molecule has 1 heterocycles. The molecule has 2 aromatic rings. The van der Waals surface area contributed by atoms with Crippen molar-refractivity contribution in [1.82, 2.24) is 9.97 Å². The second-order valence-electron chi connectivity index (χ2n) is 4.79. The first-order valence-corrected chi connectivity index (χ1v) is 6.58. The van der Waals surface area contributed by atoms with Crippen molar-refractivity contribution < 1.29 is 4.74 Å². The molecule has 0 fully saturated rings. The fraction of sp³-hybridized carbons (Fsp3) is 0.333. The molecule has 0 aliphatic heterocycles. The first-order chi connectivity index (χ1) is 9.01. The van der Waals surface area contributed by atoms with Gasteiger partial charge in [0.1, 0.15) is 16.7 Å². The van der Waals surface area contributed by atoms with Gasteiger partial charge >= 0.3 is 0 Å². The number of ether oxygens (including phenoxy) is 1. The van der Waals surface area contributed by atoms with Crippen LogP contribution in [0.2, 0.25) is 5.15 Å². The topological polar surface area (TPSA) is 35.0 Å². The van der Waals surface area contributed by atoms with E-state index in [1.807, 2.05) is 39.0 Å². The Morgan fingerprint density at radius 1 is 1.16 bits per heavy atom. The lowest BCUT2D eigenvalue weighted by atomic mass is 10.1. The third kappa shape index (κ3) is 3.04. The van der Waals surface area contributed by atoms with E-state index in [-0.39, 0.29) is 5.92 Å². The van der Waals surface area contributed by atoms with Gasteiger partial charge in [0.2, 0.25) is 0 Å². The Hall–Kier alpha value is -1.61. The highest BCUT2D eigenvalue weighted by Gasteiger charge is 2.12. The molecule has 0 N–H and O–H groups in total. The fourth-order valence-electron chi connectivity index (χ4n) is 1.85. The first-order valence-electron chi connectivity index (χ1n) is 6.20. The number of rotatable bonds is 3. The molecular formula is C15H17ClN2O. The lowest BCUT2D eigenvalue weighted by Crippen LogP contribution is -2.00. The molecule has 0 atom stereocenters. The summed E-state index contributed by atoms with van der Waals surface area (Å²) in [4.78, 5) is 8.83. The van der Waals surface area contributed by atoms with Gasteiger partial charge in [-0.25, -0.2) is 9.97 Å². The summed E-state index contributed by atoms with van der Waals surface area (Å²) >= 11 is 6.09. The Labute approximate surface area is 118 Å². The summed E-state index contributed by atoms with van der Waals surface area (Å²) in [5, 5.41) is 0.456. The molecule has 1 aromatic carbocycles. The minimum absolute atomic E-state index is 0.230. The minimum Gasteiger partial charge on any atom is -0.496 e. The first kappa shape index (κ1) is 13.8. The van der Waals surface area contributed by atoms with Crippen LogP contribution >= 0.6 is 11.6 Å². The number of hydrogen-bond donors (Lipinski definition) is 0. The van der Waals surface area contributed by atoms with Crippen LogP contribution in [-0.2, 0) is 0 Å². The van der Waals surface area contributed by atoms with Crippen molar-refractivity contribution in [3.05, 3.63) is 40.8 Å². The van der Waals surface area contributed by atoms with E-state index in [4.69, 9.17) is 16.3 Å². The van der Waals surface area contributed by atoms with Crippen molar-refractivity contribution in [3.63, 3.8) is 0 Å². The van der Waals surface area contributed by atoms with E-state index >= 15 is 0 Å². The largest absolute Gasteiger partial charge is 0.496 e. The Morgan fingerprint density at radius 2 is 1.89 bits per heavy atom. The molecule has 0 saturated carbocycles. The molecule has 0 aliphatic rings. The quantitative estimate of drug-likeness (QED) is 0.787. The maximum Gasteiger partial charge on any atom is 0.133 e. The van der Waals surface area contributed by atoms with Crippen molar-refractivity contribution >= 4 is 11.6 Å². The van der Waals surface area contributed by atoms with Crippen LogP contribution in [0.3, 0.4) is 0 Å². The molecule has 3 nitrogen and oxygen atoms in total. The summed E-state index contributed by atoms with van der Waals surface area (Å²) in [6, 6.07) is 7.76. The van der Waals surface area contributed by atoms with Crippen LogP contribution in [0.15, 0.2) is 24.3 Å². The third-order valence-corrected chi connectivity index (χ3v) is 3.05. The average molecular weight is 277 g/mol. The van der Waals surface area contributed by atoms with Crippen molar-refractivity contribution in [2.45, 2.75) is 26.7 Å². The van der Waals surface area contributed by atoms with E-state index in [9.17, 15) is 0 Å². The van der Waals surface area contributed by atoms with E-state index in [0.29, 0.717) is 5.15 Å². The molecule has 4 heteroatoms. The van der Waals surface area contributed by atoms with Crippen LogP contribution < -0.4 is 4.74 Å². The molecule has 0 spiro atoms. The SMILES string of the molecule is COc1ccc(C)cc1-c1cc(Cl)nc(C(C)C)n1. The van der Waals surface area contributed by atoms with Crippen LogP contribution in [-0.4, -0.2) is 17.1 Å². The third-order valence-electron chi connectivity index (χ3n) is 2.86. The zero-order valence-corrected chi connectivity index (χ0v) is 12.3. The molecule has 0 bridgehead atoms. The van der Waals surface area contributed by atoms with Gasteiger partial charge in [-0.1, -0.05) is 37.1 Å². The van der Waals surface area contributed by atoms with Gasteiger partial charge in [0.05, 0.1) is 12.8 Å². The van der Waals surface area contributed by atoms with Crippen LogP contribution in [0.25, 0.3) is 11.3 Å². The molecule has 2 rings (SSSR count). The standard InChI is InChI=1S/C15H17ClN2O/c1-9(2)15-17-12(8-14(16)18-15)11-7-10(3)5-6-13(11)19-4/h5-9H,1-4H3. The number of benzene rings is 1. The van der Waals surface area contributed by atoms with Crippen molar-refractivity contribution in [2.24, 2.45) is 0 Å². The zero-order valence-electron chi connectivity index (χ0n) is 11.6. The molecule has 0 amide bonds. The summed E-state index contributed by atoms with van der Waals surface area (Å²) < 4.78 is 5.39. The summed E-state index contributed by atoms with van der Waals surface area (Å²) in [5.74, 6) is 1.76. The van der Waals surface area contributed by atoms with Crippen LogP contribution in [0, 0.1) is 6.92 Å². The van der Waals surface area contributed by atoms with E-state index < -0.39 is 0 Å². The monoisotopic (exact) mass is 276 g/mol. The molecule has 0 unspecified atom stereocenters.